The van der Waals surface area contributed by atoms with Crippen LogP contribution < -0.4 is 0 Å². The molecule has 5 aromatic carbocycles. The molecule has 1 N–H and O–H groups in total. The number of rotatable bonds is 6. The Balaban J connectivity index is 0.00000592. The second-order valence-electron chi connectivity index (χ2n) is 21.2. The monoisotopic (exact) mass is 1050 g/mol. The number of furan rings is 1. The predicted octanol–water partition coefficient (Wildman–Crippen LogP) is 14.4. The van der Waals surface area contributed by atoms with Crippen LogP contribution in [0, 0.1) is 6.07 Å². The van der Waals surface area contributed by atoms with E-state index in [-0.39, 0.29) is 48.5 Å². The molecule has 0 bridgehead atoms. The Labute approximate surface area is 402 Å². The number of phenols is 1. The Morgan fingerprint density at radius 3 is 1.88 bits per heavy atom. The van der Waals surface area contributed by atoms with Gasteiger partial charge in [-0.1, -0.05) is 161 Å². The fourth-order valence-corrected chi connectivity index (χ4v) is 8.20. The molecular weight excluding hydrogens is 996 g/mol. The van der Waals surface area contributed by atoms with E-state index in [9.17, 15) is 5.11 Å². The largest absolute Gasteiger partial charge is 0.507 e. The van der Waals surface area contributed by atoms with Crippen LogP contribution in [0.25, 0.3) is 84.2 Å². The number of benzene rings is 5. The minimum atomic E-state index is -0.327. The van der Waals surface area contributed by atoms with E-state index in [0.717, 1.165) is 78.4 Å². The van der Waals surface area contributed by atoms with Crippen LogP contribution in [0.2, 0.25) is 0 Å². The van der Waals surface area contributed by atoms with Crippen molar-refractivity contribution >= 4 is 22.0 Å². The summed E-state index contributed by atoms with van der Waals surface area (Å²) in [7, 11) is 0. The maximum absolute atomic E-state index is 12.3. The molecule has 0 fully saturated rings. The number of aromatic hydroxyl groups is 1. The number of nitrogens with zero attached hydrogens (tertiary/aromatic N) is 6. The van der Waals surface area contributed by atoms with E-state index < -0.39 is 0 Å². The van der Waals surface area contributed by atoms with Gasteiger partial charge in [-0.05, 0) is 52.3 Å². The van der Waals surface area contributed by atoms with Crippen molar-refractivity contribution in [1.82, 2.24) is 29.5 Å². The molecule has 0 saturated carbocycles. The van der Waals surface area contributed by atoms with Crippen LogP contribution >= 0.6 is 0 Å². The van der Waals surface area contributed by atoms with E-state index in [2.05, 4.69) is 179 Å². The average molecular weight is 1050 g/mol. The van der Waals surface area contributed by atoms with Crippen molar-refractivity contribution in [3.63, 3.8) is 0 Å². The Kier molecular flexibility index (Phi) is 11.8. The van der Waals surface area contributed by atoms with E-state index in [1.54, 1.807) is 0 Å². The zero-order valence-electron chi connectivity index (χ0n) is 39.9. The molecule has 0 radical (unpaired) electrons. The van der Waals surface area contributed by atoms with Crippen molar-refractivity contribution in [2.45, 2.75) is 105 Å². The fraction of sp³-hybridized carbons (Fsp3) is 0.281. The van der Waals surface area contributed by atoms with Crippen LogP contribution in [0.3, 0.4) is 0 Å². The number of fused-ring (bicyclic) bond motifs is 2. The fourth-order valence-electron chi connectivity index (χ4n) is 8.20. The molecule has 338 valence electrons. The standard InChI is InChI=1S/C57H57N6O2.Pt/c1-54(2,3)38-30-41(49(64)42(31-38)55(4,5)6)51-59-48-40(25-19-27-45(48)63(51)44-26-17-16-24-39(44)34-20-14-13-15-21-34)35-22-18-23-36(28-35)43-32-46-37(33-58-43)29-47(65-46)50-60-52(56(7,8)9)62-53(61-50)57(10,11)12;/h13-27,29-33,64H,1-12H3;/q-1;. The third kappa shape index (κ3) is 8.76. The van der Waals surface area contributed by atoms with Gasteiger partial charge in [-0.15, -0.1) is 29.8 Å². The van der Waals surface area contributed by atoms with Crippen molar-refractivity contribution in [2.24, 2.45) is 0 Å². The first kappa shape index (κ1) is 46.3. The quantitative estimate of drug-likeness (QED) is 0.165. The van der Waals surface area contributed by atoms with E-state index in [0.29, 0.717) is 28.6 Å². The summed E-state index contributed by atoms with van der Waals surface area (Å²) in [5.74, 6) is 3.40. The number of phenolic OH excluding ortho intramolecular Hbond substituents is 1. The second-order valence-corrected chi connectivity index (χ2v) is 21.2. The molecule has 0 spiro atoms. The van der Waals surface area contributed by atoms with Gasteiger partial charge in [-0.3, -0.25) is 9.55 Å². The first-order valence-corrected chi connectivity index (χ1v) is 22.4. The van der Waals surface area contributed by atoms with Crippen LogP contribution in [0.15, 0.2) is 126 Å². The summed E-state index contributed by atoms with van der Waals surface area (Å²) in [5, 5.41) is 13.2. The minimum Gasteiger partial charge on any atom is -0.507 e. The maximum Gasteiger partial charge on any atom is 0.199 e. The van der Waals surface area contributed by atoms with Gasteiger partial charge < -0.3 is 9.52 Å². The summed E-state index contributed by atoms with van der Waals surface area (Å²) in [6.07, 6.45) is 1.83. The molecule has 0 aliphatic carbocycles. The predicted molar refractivity (Wildman–Crippen MR) is 265 cm³/mol. The Hall–Kier alpha value is -6.24. The average Bonchev–Trinajstić information content (AvgIpc) is 3.87. The second kappa shape index (κ2) is 16.9. The van der Waals surface area contributed by atoms with Crippen LogP contribution in [0.1, 0.15) is 106 Å². The number of aromatic nitrogens is 6. The zero-order chi connectivity index (χ0) is 46.2. The molecular formula is C57H57N6O2Pt-. The van der Waals surface area contributed by atoms with Crippen LogP contribution in [0.5, 0.6) is 5.75 Å². The van der Waals surface area contributed by atoms with Crippen LogP contribution in [0.4, 0.5) is 0 Å². The number of hydrogen-bond donors (Lipinski definition) is 1. The molecule has 0 aliphatic heterocycles. The van der Waals surface area contributed by atoms with Gasteiger partial charge in [0.05, 0.1) is 22.3 Å². The number of imidazole rings is 1. The Bertz CT molecular complexity index is 3230. The minimum absolute atomic E-state index is 0. The third-order valence-corrected chi connectivity index (χ3v) is 11.9. The summed E-state index contributed by atoms with van der Waals surface area (Å²) in [6.45, 7) is 25.7. The first-order valence-electron chi connectivity index (χ1n) is 22.4. The van der Waals surface area contributed by atoms with E-state index >= 15 is 0 Å². The van der Waals surface area contributed by atoms with Gasteiger partial charge in [-0.25, -0.2) is 19.9 Å². The van der Waals surface area contributed by atoms with E-state index in [1.807, 2.05) is 36.5 Å². The van der Waals surface area contributed by atoms with Crippen molar-refractivity contribution < 1.29 is 30.6 Å². The molecule has 4 aromatic heterocycles. The van der Waals surface area contributed by atoms with Gasteiger partial charge in [0, 0.05) is 60.3 Å². The van der Waals surface area contributed by atoms with Crippen molar-refractivity contribution in [1.29, 1.82) is 0 Å². The summed E-state index contributed by atoms with van der Waals surface area (Å²) in [5.41, 5.74) is 10.4. The van der Waals surface area contributed by atoms with Gasteiger partial charge in [0.25, 0.3) is 0 Å². The Morgan fingerprint density at radius 2 is 1.21 bits per heavy atom. The zero-order valence-corrected chi connectivity index (χ0v) is 42.2. The normalized spacial score (nSPS) is 12.5. The van der Waals surface area contributed by atoms with Gasteiger partial charge in [0.1, 0.15) is 28.8 Å². The van der Waals surface area contributed by atoms with Crippen molar-refractivity contribution in [3.05, 3.63) is 150 Å². The smallest absolute Gasteiger partial charge is 0.199 e. The molecule has 9 rings (SSSR count). The molecule has 0 aliphatic rings. The Morgan fingerprint density at radius 1 is 0.576 bits per heavy atom. The number of para-hydroxylation sites is 2. The molecule has 0 atom stereocenters. The molecule has 9 aromatic rings. The topological polar surface area (TPSA) is 103 Å². The number of pyridine rings is 1. The van der Waals surface area contributed by atoms with Crippen molar-refractivity contribution in [2.75, 3.05) is 0 Å². The van der Waals surface area contributed by atoms with Crippen LogP contribution in [-0.2, 0) is 42.7 Å². The van der Waals surface area contributed by atoms with Crippen LogP contribution in [-0.4, -0.2) is 34.6 Å². The van der Waals surface area contributed by atoms with Gasteiger partial charge in [0.15, 0.2) is 11.6 Å². The maximum atomic E-state index is 12.3. The molecule has 0 amide bonds. The molecule has 66 heavy (non-hydrogen) atoms. The molecule has 8 nitrogen and oxygen atoms in total. The van der Waals surface area contributed by atoms with E-state index in [1.165, 1.54) is 0 Å². The summed E-state index contributed by atoms with van der Waals surface area (Å²) in [6, 6.07) is 43.1. The summed E-state index contributed by atoms with van der Waals surface area (Å²) < 4.78 is 8.71. The number of hydrogen-bond acceptors (Lipinski definition) is 7. The van der Waals surface area contributed by atoms with Gasteiger partial charge >= 0.3 is 0 Å². The van der Waals surface area contributed by atoms with Gasteiger partial charge in [-0.2, -0.15) is 0 Å². The van der Waals surface area contributed by atoms with Gasteiger partial charge in [0.2, 0.25) is 0 Å². The summed E-state index contributed by atoms with van der Waals surface area (Å²) in [4.78, 5) is 25.0. The SMILES string of the molecule is CC(C)(C)c1cc(-c2nc3c(-c4[c-]c(-c5cc6oc(-c7nc(C(C)(C)C)nc(C(C)(C)C)n7)cc6cn5)ccc4)cccc3n2-c2ccccc2-c2ccccc2)c(O)c(C(C)(C)C)c1.[Pt]. The van der Waals surface area contributed by atoms with Crippen molar-refractivity contribution in [3.8, 4) is 67.9 Å². The summed E-state index contributed by atoms with van der Waals surface area (Å²) >= 11 is 0. The molecule has 0 unspecified atom stereocenters. The third-order valence-electron chi connectivity index (χ3n) is 11.9. The molecule has 0 saturated heterocycles. The molecule has 9 heteroatoms. The van der Waals surface area contributed by atoms with E-state index in [4.69, 9.17) is 29.3 Å². The first-order chi connectivity index (χ1) is 30.6. The molecule has 4 heterocycles.